The van der Waals surface area contributed by atoms with Crippen LogP contribution in [0.2, 0.25) is 0 Å². The lowest BCUT2D eigenvalue weighted by molar-refractivity contribution is -0.00869. The summed E-state index contributed by atoms with van der Waals surface area (Å²) in [5.41, 5.74) is 0. The standard InChI is InChI=1S/C11H20O5/c1-2-10(11-9-16-11)15-8-7-14-6-5-13-4-3-12/h2,10-12H,1,3-9H2. The van der Waals surface area contributed by atoms with Crippen LogP contribution in [-0.2, 0) is 18.9 Å². The van der Waals surface area contributed by atoms with Crippen molar-refractivity contribution in [2.75, 3.05) is 46.2 Å². The van der Waals surface area contributed by atoms with Gasteiger partial charge in [0.1, 0.15) is 12.2 Å². The molecule has 94 valence electrons. The predicted octanol–water partition coefficient (Wildman–Crippen LogP) is -0.0181. The molecule has 1 aliphatic heterocycles. The van der Waals surface area contributed by atoms with E-state index in [0.717, 1.165) is 6.61 Å². The van der Waals surface area contributed by atoms with Gasteiger partial charge in [0.05, 0.1) is 46.2 Å². The minimum absolute atomic E-state index is 0.0192. The SMILES string of the molecule is C=CC(OCCOCCOCCO)C1CO1. The van der Waals surface area contributed by atoms with E-state index < -0.39 is 0 Å². The van der Waals surface area contributed by atoms with Crippen LogP contribution in [0.4, 0.5) is 0 Å². The Hall–Kier alpha value is -0.460. The maximum absolute atomic E-state index is 8.45. The van der Waals surface area contributed by atoms with Crippen molar-refractivity contribution in [2.24, 2.45) is 0 Å². The molecular weight excluding hydrogens is 212 g/mol. The van der Waals surface area contributed by atoms with Crippen LogP contribution < -0.4 is 0 Å². The van der Waals surface area contributed by atoms with Crippen LogP contribution in [-0.4, -0.2) is 63.6 Å². The van der Waals surface area contributed by atoms with Crippen molar-refractivity contribution >= 4 is 0 Å². The number of hydrogen-bond acceptors (Lipinski definition) is 5. The molecule has 0 aliphatic carbocycles. The molecule has 0 aromatic carbocycles. The van der Waals surface area contributed by atoms with Gasteiger partial charge in [0, 0.05) is 0 Å². The van der Waals surface area contributed by atoms with Gasteiger partial charge in [-0.15, -0.1) is 6.58 Å². The lowest BCUT2D eigenvalue weighted by Crippen LogP contribution is -2.20. The summed E-state index contributed by atoms with van der Waals surface area (Å²) >= 11 is 0. The highest BCUT2D eigenvalue weighted by atomic mass is 16.6. The molecule has 16 heavy (non-hydrogen) atoms. The Morgan fingerprint density at radius 3 is 2.44 bits per heavy atom. The number of hydrogen-bond donors (Lipinski definition) is 1. The van der Waals surface area contributed by atoms with Crippen LogP contribution in [0.15, 0.2) is 12.7 Å². The zero-order valence-electron chi connectivity index (χ0n) is 9.47. The smallest absolute Gasteiger partial charge is 0.111 e. The average molecular weight is 232 g/mol. The first kappa shape index (κ1) is 13.6. The van der Waals surface area contributed by atoms with Gasteiger partial charge in [-0.05, 0) is 0 Å². The number of aliphatic hydroxyl groups is 1. The van der Waals surface area contributed by atoms with E-state index in [0.29, 0.717) is 33.0 Å². The maximum atomic E-state index is 8.45. The van der Waals surface area contributed by atoms with Crippen LogP contribution in [0.5, 0.6) is 0 Å². The first-order valence-electron chi connectivity index (χ1n) is 5.50. The Kier molecular flexibility index (Phi) is 7.37. The summed E-state index contributed by atoms with van der Waals surface area (Å²) in [6, 6.07) is 0. The molecule has 0 amide bonds. The number of rotatable bonds is 11. The molecule has 1 aliphatic rings. The van der Waals surface area contributed by atoms with E-state index in [9.17, 15) is 0 Å². The van der Waals surface area contributed by atoms with E-state index in [2.05, 4.69) is 6.58 Å². The second-order valence-corrected chi connectivity index (χ2v) is 3.39. The van der Waals surface area contributed by atoms with E-state index in [-0.39, 0.29) is 18.8 Å². The summed E-state index contributed by atoms with van der Waals surface area (Å²) in [7, 11) is 0. The second-order valence-electron chi connectivity index (χ2n) is 3.39. The van der Waals surface area contributed by atoms with Crippen molar-refractivity contribution in [3.8, 4) is 0 Å². The fraction of sp³-hybridized carbons (Fsp3) is 0.818. The van der Waals surface area contributed by atoms with Crippen LogP contribution in [0, 0.1) is 0 Å². The Morgan fingerprint density at radius 1 is 1.25 bits per heavy atom. The Bertz CT molecular complexity index is 181. The molecule has 5 nitrogen and oxygen atoms in total. The third-order valence-corrected chi connectivity index (χ3v) is 2.10. The van der Waals surface area contributed by atoms with Crippen molar-refractivity contribution in [1.82, 2.24) is 0 Å². The third kappa shape index (κ3) is 6.19. The summed E-state index contributed by atoms with van der Waals surface area (Å²) in [6.07, 6.45) is 1.92. The summed E-state index contributed by atoms with van der Waals surface area (Å²) < 4.78 is 20.9. The van der Waals surface area contributed by atoms with E-state index in [1.54, 1.807) is 6.08 Å². The van der Waals surface area contributed by atoms with Crippen LogP contribution in [0.3, 0.4) is 0 Å². The van der Waals surface area contributed by atoms with Gasteiger partial charge in [0.25, 0.3) is 0 Å². The average Bonchev–Trinajstić information content (AvgIpc) is 3.11. The second kappa shape index (κ2) is 8.66. The van der Waals surface area contributed by atoms with Crippen molar-refractivity contribution < 1.29 is 24.1 Å². The number of epoxide rings is 1. The normalized spacial score (nSPS) is 20.7. The minimum atomic E-state index is -0.0192. The first-order valence-corrected chi connectivity index (χ1v) is 5.50. The maximum Gasteiger partial charge on any atom is 0.111 e. The van der Waals surface area contributed by atoms with E-state index in [1.165, 1.54) is 0 Å². The van der Waals surface area contributed by atoms with Gasteiger partial charge < -0.3 is 24.1 Å². The highest BCUT2D eigenvalue weighted by Gasteiger charge is 2.31. The lowest BCUT2D eigenvalue weighted by Gasteiger charge is -2.11. The van der Waals surface area contributed by atoms with Gasteiger partial charge in [0.2, 0.25) is 0 Å². The van der Waals surface area contributed by atoms with Gasteiger partial charge in [-0.3, -0.25) is 0 Å². The molecule has 1 N–H and O–H groups in total. The number of aliphatic hydroxyl groups excluding tert-OH is 1. The van der Waals surface area contributed by atoms with Gasteiger partial charge >= 0.3 is 0 Å². The van der Waals surface area contributed by atoms with E-state index >= 15 is 0 Å². The van der Waals surface area contributed by atoms with Gasteiger partial charge in [-0.25, -0.2) is 0 Å². The molecule has 0 bridgehead atoms. The molecule has 2 unspecified atom stereocenters. The fourth-order valence-corrected chi connectivity index (χ4v) is 1.20. The molecule has 2 atom stereocenters. The van der Waals surface area contributed by atoms with Crippen molar-refractivity contribution in [2.45, 2.75) is 12.2 Å². The van der Waals surface area contributed by atoms with Crippen LogP contribution in [0.1, 0.15) is 0 Å². The molecule has 0 spiro atoms. The lowest BCUT2D eigenvalue weighted by atomic mass is 10.3. The van der Waals surface area contributed by atoms with Crippen molar-refractivity contribution in [3.63, 3.8) is 0 Å². The van der Waals surface area contributed by atoms with Crippen LogP contribution >= 0.6 is 0 Å². The molecule has 1 rings (SSSR count). The van der Waals surface area contributed by atoms with Gasteiger partial charge in [0.15, 0.2) is 0 Å². The molecule has 1 heterocycles. The molecule has 0 radical (unpaired) electrons. The summed E-state index contributed by atoms with van der Waals surface area (Å²) in [4.78, 5) is 0. The Balaban J connectivity index is 1.81. The number of ether oxygens (including phenoxy) is 4. The zero-order valence-corrected chi connectivity index (χ0v) is 9.47. The van der Waals surface area contributed by atoms with E-state index in [4.69, 9.17) is 24.1 Å². The van der Waals surface area contributed by atoms with Crippen LogP contribution in [0.25, 0.3) is 0 Å². The molecule has 0 aromatic rings. The van der Waals surface area contributed by atoms with Gasteiger partial charge in [-0.1, -0.05) is 6.08 Å². The summed E-state index contributed by atoms with van der Waals surface area (Å²) in [6.45, 7) is 6.91. The molecule has 5 heteroatoms. The highest BCUT2D eigenvalue weighted by molar-refractivity contribution is 4.92. The molecule has 0 aromatic heterocycles. The minimum Gasteiger partial charge on any atom is -0.394 e. The van der Waals surface area contributed by atoms with Crippen molar-refractivity contribution in [1.29, 1.82) is 0 Å². The van der Waals surface area contributed by atoms with E-state index in [1.807, 2.05) is 0 Å². The topological polar surface area (TPSA) is 60.5 Å². The van der Waals surface area contributed by atoms with Gasteiger partial charge in [-0.2, -0.15) is 0 Å². The quantitative estimate of drug-likeness (QED) is 0.308. The summed E-state index contributed by atoms with van der Waals surface area (Å²) in [5.74, 6) is 0. The Labute approximate surface area is 95.9 Å². The third-order valence-electron chi connectivity index (χ3n) is 2.10. The molecule has 1 fully saturated rings. The Morgan fingerprint density at radius 2 is 1.88 bits per heavy atom. The highest BCUT2D eigenvalue weighted by Crippen LogP contribution is 2.17. The van der Waals surface area contributed by atoms with Crippen molar-refractivity contribution in [3.05, 3.63) is 12.7 Å². The largest absolute Gasteiger partial charge is 0.394 e. The fourth-order valence-electron chi connectivity index (χ4n) is 1.20. The zero-order chi connectivity index (χ0) is 11.6. The molecule has 1 saturated heterocycles. The molecular formula is C11H20O5. The molecule has 0 saturated carbocycles. The monoisotopic (exact) mass is 232 g/mol. The predicted molar refractivity (Wildman–Crippen MR) is 58.4 cm³/mol. The first-order chi connectivity index (χ1) is 7.88. The summed E-state index contributed by atoms with van der Waals surface area (Å²) in [5, 5.41) is 8.45.